The van der Waals surface area contributed by atoms with Crippen LogP contribution in [0.1, 0.15) is 79.5 Å². The quantitative estimate of drug-likeness (QED) is 0.229. The SMILES string of the molecule is C=C/C=C\C=C(/C)COC(=O)NC1CCc2ccc(NC(=O)c3ccc4c(c3)N=C(N)CC(C(=O)N(CCC)CCC)=C4)cc21. The Balaban J connectivity index is 1.44. The zero-order valence-corrected chi connectivity index (χ0v) is 26.4. The molecule has 1 aliphatic carbocycles. The van der Waals surface area contributed by atoms with Crippen molar-refractivity contribution in [2.24, 2.45) is 10.7 Å². The fourth-order valence-corrected chi connectivity index (χ4v) is 5.47. The molecule has 1 unspecified atom stereocenters. The first kappa shape index (κ1) is 33.0. The summed E-state index contributed by atoms with van der Waals surface area (Å²) in [7, 11) is 0. The highest BCUT2D eigenvalue weighted by molar-refractivity contribution is 6.08. The highest BCUT2D eigenvalue weighted by Crippen LogP contribution is 2.34. The molecule has 236 valence electrons. The molecule has 2 aromatic rings. The smallest absolute Gasteiger partial charge is 0.407 e. The molecule has 45 heavy (non-hydrogen) atoms. The molecule has 2 aliphatic rings. The van der Waals surface area contributed by atoms with Gasteiger partial charge in [0.2, 0.25) is 5.91 Å². The number of amidine groups is 1. The number of hydrogen-bond donors (Lipinski definition) is 3. The average Bonchev–Trinajstić information content (AvgIpc) is 3.32. The van der Waals surface area contributed by atoms with E-state index < -0.39 is 6.09 Å². The third-order valence-corrected chi connectivity index (χ3v) is 7.64. The summed E-state index contributed by atoms with van der Waals surface area (Å²) in [6.45, 7) is 11.2. The van der Waals surface area contributed by atoms with Crippen molar-refractivity contribution in [3.05, 3.63) is 101 Å². The van der Waals surface area contributed by atoms with Gasteiger partial charge in [-0.15, -0.1) is 0 Å². The number of nitrogens with two attached hydrogens (primary N) is 1. The van der Waals surface area contributed by atoms with Crippen LogP contribution in [-0.2, 0) is 16.0 Å². The lowest BCUT2D eigenvalue weighted by Crippen LogP contribution is -2.34. The third-order valence-electron chi connectivity index (χ3n) is 7.64. The number of rotatable bonds is 12. The van der Waals surface area contributed by atoms with Crippen molar-refractivity contribution in [1.82, 2.24) is 10.2 Å². The number of benzene rings is 2. The first-order valence-electron chi connectivity index (χ1n) is 15.5. The van der Waals surface area contributed by atoms with Crippen LogP contribution in [0, 0.1) is 0 Å². The molecule has 0 aromatic heterocycles. The number of alkyl carbamates (subject to hydrolysis) is 1. The second-order valence-corrected chi connectivity index (χ2v) is 11.3. The molecule has 4 N–H and O–H groups in total. The van der Waals surface area contributed by atoms with Gasteiger partial charge in [-0.1, -0.05) is 56.9 Å². The highest BCUT2D eigenvalue weighted by atomic mass is 16.5. The molecule has 0 bridgehead atoms. The van der Waals surface area contributed by atoms with E-state index in [1.54, 1.807) is 30.4 Å². The molecule has 9 nitrogen and oxygen atoms in total. The molecule has 0 radical (unpaired) electrons. The molecule has 0 saturated heterocycles. The Hall–Kier alpha value is -4.92. The van der Waals surface area contributed by atoms with E-state index in [2.05, 4.69) is 36.1 Å². The maximum Gasteiger partial charge on any atom is 0.407 e. The summed E-state index contributed by atoms with van der Waals surface area (Å²) in [6, 6.07) is 10.7. The van der Waals surface area contributed by atoms with Crippen LogP contribution in [0.2, 0.25) is 0 Å². The highest BCUT2D eigenvalue weighted by Gasteiger charge is 2.26. The number of carbonyl (C=O) groups is 3. The number of ether oxygens (including phenoxy) is 1. The predicted molar refractivity (Wildman–Crippen MR) is 181 cm³/mol. The first-order valence-corrected chi connectivity index (χ1v) is 15.5. The van der Waals surface area contributed by atoms with Crippen molar-refractivity contribution in [2.45, 2.75) is 58.9 Å². The lowest BCUT2D eigenvalue weighted by Gasteiger charge is -2.22. The van der Waals surface area contributed by atoms with E-state index in [-0.39, 0.29) is 30.9 Å². The van der Waals surface area contributed by atoms with Crippen molar-refractivity contribution in [1.29, 1.82) is 0 Å². The molecule has 0 fully saturated rings. The molecule has 1 aliphatic heterocycles. The Kier molecular flexibility index (Phi) is 11.5. The van der Waals surface area contributed by atoms with Crippen molar-refractivity contribution in [3.63, 3.8) is 0 Å². The van der Waals surface area contributed by atoms with Gasteiger partial charge in [-0.25, -0.2) is 9.79 Å². The van der Waals surface area contributed by atoms with Gasteiger partial charge in [0.25, 0.3) is 5.91 Å². The van der Waals surface area contributed by atoms with Crippen LogP contribution in [-0.4, -0.2) is 48.3 Å². The van der Waals surface area contributed by atoms with E-state index >= 15 is 0 Å². The second kappa shape index (κ2) is 15.7. The summed E-state index contributed by atoms with van der Waals surface area (Å²) in [5.74, 6) is -0.0131. The summed E-state index contributed by atoms with van der Waals surface area (Å²) in [5.41, 5.74) is 12.1. The summed E-state index contributed by atoms with van der Waals surface area (Å²) in [5, 5.41) is 5.92. The zero-order chi connectivity index (χ0) is 32.3. The van der Waals surface area contributed by atoms with E-state index in [4.69, 9.17) is 10.5 Å². The molecule has 3 amide bonds. The van der Waals surface area contributed by atoms with Gasteiger partial charge in [-0.05, 0) is 79.6 Å². The number of allylic oxidation sites excluding steroid dienone is 4. The maximum atomic E-state index is 13.3. The van der Waals surface area contributed by atoms with E-state index in [1.165, 1.54) is 0 Å². The number of nitrogens with one attached hydrogen (secondary N) is 2. The van der Waals surface area contributed by atoms with Crippen LogP contribution in [0.4, 0.5) is 16.2 Å². The van der Waals surface area contributed by atoms with Crippen LogP contribution >= 0.6 is 0 Å². The lowest BCUT2D eigenvalue weighted by atomic mass is 10.0. The minimum absolute atomic E-state index is 0.0344. The van der Waals surface area contributed by atoms with Gasteiger partial charge in [-0.2, -0.15) is 0 Å². The van der Waals surface area contributed by atoms with Crippen molar-refractivity contribution in [3.8, 4) is 0 Å². The van der Waals surface area contributed by atoms with Crippen molar-refractivity contribution < 1.29 is 19.1 Å². The van der Waals surface area contributed by atoms with E-state index in [9.17, 15) is 14.4 Å². The Bertz CT molecular complexity index is 1560. The van der Waals surface area contributed by atoms with Gasteiger partial charge < -0.3 is 26.0 Å². The summed E-state index contributed by atoms with van der Waals surface area (Å²) in [4.78, 5) is 45.5. The molecular formula is C36H43N5O4. The minimum atomic E-state index is -0.491. The number of fused-ring (bicyclic) bond motifs is 2. The van der Waals surface area contributed by atoms with Crippen LogP contribution in [0.25, 0.3) is 6.08 Å². The van der Waals surface area contributed by atoms with Gasteiger partial charge in [0.1, 0.15) is 12.4 Å². The lowest BCUT2D eigenvalue weighted by molar-refractivity contribution is -0.127. The van der Waals surface area contributed by atoms with E-state index in [1.807, 2.05) is 48.3 Å². The monoisotopic (exact) mass is 609 g/mol. The maximum absolute atomic E-state index is 13.3. The van der Waals surface area contributed by atoms with Crippen molar-refractivity contribution in [2.75, 3.05) is 25.0 Å². The normalized spacial score (nSPS) is 15.7. The molecule has 4 rings (SSSR count). The standard InChI is InChI=1S/C36H43N5O4/c1-5-8-9-10-24(4)23-45-36(44)40-31-16-14-25-13-15-29(22-30(25)31)38-34(42)27-12-11-26-19-28(21-33(37)39-32(26)20-27)35(43)41(17-6-2)18-7-3/h5,8-13,15,19-20,22,31H,1,6-7,14,16-18,21,23H2,2-4H3,(H2,37,39)(H,38,42)(H,40,44)/b9-8-,24-10+. The fraction of sp³-hybridized carbons (Fsp3) is 0.333. The predicted octanol–water partition coefficient (Wildman–Crippen LogP) is 6.77. The number of carbonyl (C=O) groups excluding carboxylic acids is 3. The van der Waals surface area contributed by atoms with Gasteiger partial charge >= 0.3 is 6.09 Å². The van der Waals surface area contributed by atoms with Crippen LogP contribution in [0.3, 0.4) is 0 Å². The summed E-state index contributed by atoms with van der Waals surface area (Å²) < 4.78 is 5.39. The topological polar surface area (TPSA) is 126 Å². The van der Waals surface area contributed by atoms with Gasteiger partial charge in [-0.3, -0.25) is 9.59 Å². The number of aryl methyl sites for hydroxylation is 1. The first-order chi connectivity index (χ1) is 21.7. The molecule has 2 aromatic carbocycles. The van der Waals surface area contributed by atoms with Crippen LogP contribution in [0.15, 0.2) is 83.4 Å². The molecule has 0 spiro atoms. The summed E-state index contributed by atoms with van der Waals surface area (Å²) >= 11 is 0. The number of amides is 3. The Morgan fingerprint density at radius 1 is 1.11 bits per heavy atom. The minimum Gasteiger partial charge on any atom is -0.445 e. The third kappa shape index (κ3) is 8.81. The fourth-order valence-electron chi connectivity index (χ4n) is 5.47. The number of nitrogens with zero attached hydrogens (tertiary/aromatic N) is 2. The molecule has 9 heteroatoms. The Morgan fingerprint density at radius 3 is 2.62 bits per heavy atom. The molecule has 1 heterocycles. The second-order valence-electron chi connectivity index (χ2n) is 11.3. The van der Waals surface area contributed by atoms with E-state index in [0.29, 0.717) is 41.4 Å². The van der Waals surface area contributed by atoms with Gasteiger partial charge in [0.15, 0.2) is 0 Å². The zero-order valence-electron chi connectivity index (χ0n) is 26.4. The van der Waals surface area contributed by atoms with Crippen LogP contribution < -0.4 is 16.4 Å². The molecule has 0 saturated carbocycles. The van der Waals surface area contributed by atoms with Gasteiger partial charge in [0, 0.05) is 41.9 Å². The number of hydrogen-bond acceptors (Lipinski definition) is 6. The van der Waals surface area contributed by atoms with Gasteiger partial charge in [0.05, 0.1) is 11.7 Å². The van der Waals surface area contributed by atoms with E-state index in [0.717, 1.165) is 47.9 Å². The largest absolute Gasteiger partial charge is 0.445 e. The average molecular weight is 610 g/mol. The van der Waals surface area contributed by atoms with Crippen LogP contribution in [0.5, 0.6) is 0 Å². The van der Waals surface area contributed by atoms with Crippen molar-refractivity contribution >= 4 is 41.2 Å². The molecular weight excluding hydrogens is 566 g/mol. The number of anilines is 1. The molecule has 1 atom stereocenters. The summed E-state index contributed by atoms with van der Waals surface area (Å²) in [6.07, 6.45) is 12.1. The Morgan fingerprint density at radius 2 is 1.89 bits per heavy atom. The Labute approximate surface area is 265 Å². The number of aliphatic imine (C=N–C) groups is 1.